The SMILES string of the molecule is CC(=O)Nc1ccc(-c2cccc(C(=O)N[C@@H](C(=O)N3CC[C@H](c4ccc(Cl)cc4)C(C)(C)C3)C(C)C)c2)cc1. The van der Waals surface area contributed by atoms with Gasteiger partial charge in [-0.15, -0.1) is 0 Å². The number of carbonyl (C=O) groups excluding carboxylic acids is 3. The van der Waals surface area contributed by atoms with Crippen LogP contribution >= 0.6 is 11.6 Å². The highest BCUT2D eigenvalue weighted by Gasteiger charge is 2.40. The average molecular weight is 560 g/mol. The summed E-state index contributed by atoms with van der Waals surface area (Å²) in [6.07, 6.45) is 0.849. The number of nitrogens with zero attached hydrogens (tertiary/aromatic N) is 1. The minimum atomic E-state index is -0.629. The monoisotopic (exact) mass is 559 g/mol. The number of benzene rings is 3. The highest BCUT2D eigenvalue weighted by molar-refractivity contribution is 6.30. The van der Waals surface area contributed by atoms with E-state index in [-0.39, 0.29) is 29.1 Å². The van der Waals surface area contributed by atoms with E-state index in [1.165, 1.54) is 12.5 Å². The van der Waals surface area contributed by atoms with Gasteiger partial charge in [-0.05, 0) is 76.8 Å². The van der Waals surface area contributed by atoms with Gasteiger partial charge in [-0.2, -0.15) is 0 Å². The molecule has 2 atom stereocenters. The average Bonchev–Trinajstić information content (AvgIpc) is 2.91. The first-order valence-electron chi connectivity index (χ1n) is 13.8. The van der Waals surface area contributed by atoms with E-state index in [1.54, 1.807) is 6.07 Å². The summed E-state index contributed by atoms with van der Waals surface area (Å²) in [5.41, 5.74) is 4.11. The summed E-state index contributed by atoms with van der Waals surface area (Å²) in [5.74, 6) is -0.209. The number of rotatable bonds is 7. The summed E-state index contributed by atoms with van der Waals surface area (Å²) >= 11 is 6.10. The first kappa shape index (κ1) is 29.3. The Morgan fingerprint density at radius 1 is 0.950 bits per heavy atom. The highest BCUT2D eigenvalue weighted by atomic mass is 35.5. The number of piperidine rings is 1. The van der Waals surface area contributed by atoms with E-state index in [9.17, 15) is 14.4 Å². The molecule has 1 heterocycles. The fourth-order valence-corrected chi connectivity index (χ4v) is 5.71. The highest BCUT2D eigenvalue weighted by Crippen LogP contribution is 2.42. The molecule has 1 aliphatic rings. The lowest BCUT2D eigenvalue weighted by molar-refractivity contribution is -0.138. The van der Waals surface area contributed by atoms with Crippen molar-refractivity contribution in [3.8, 4) is 11.1 Å². The molecule has 1 saturated heterocycles. The molecule has 7 heteroatoms. The maximum Gasteiger partial charge on any atom is 0.251 e. The number of carbonyl (C=O) groups is 3. The van der Waals surface area contributed by atoms with Crippen LogP contribution in [0, 0.1) is 11.3 Å². The summed E-state index contributed by atoms with van der Waals surface area (Å²) in [5, 5.41) is 6.50. The van der Waals surface area contributed by atoms with Crippen LogP contribution in [0.5, 0.6) is 0 Å². The molecule has 0 spiro atoms. The van der Waals surface area contributed by atoms with E-state index in [2.05, 4.69) is 36.6 Å². The van der Waals surface area contributed by atoms with E-state index < -0.39 is 6.04 Å². The molecule has 3 aromatic rings. The van der Waals surface area contributed by atoms with Crippen molar-refractivity contribution in [2.75, 3.05) is 18.4 Å². The zero-order chi connectivity index (χ0) is 29.0. The fraction of sp³-hybridized carbons (Fsp3) is 0.364. The summed E-state index contributed by atoms with van der Waals surface area (Å²) in [6.45, 7) is 11.0. The standard InChI is InChI=1S/C33H38ClN3O3/c1-21(2)30(32(40)37-18-17-29(33(4,5)20-37)24-9-13-27(34)14-10-24)36-31(39)26-8-6-7-25(19-26)23-11-15-28(16-12-23)35-22(3)38/h6-16,19,21,29-30H,17-18,20H2,1-5H3,(H,35,38)(H,36,39)/t29-,30-/m1/s1. The Kier molecular flexibility index (Phi) is 8.99. The van der Waals surface area contributed by atoms with E-state index >= 15 is 0 Å². The maximum atomic E-state index is 13.7. The zero-order valence-corrected chi connectivity index (χ0v) is 24.6. The van der Waals surface area contributed by atoms with Crippen molar-refractivity contribution < 1.29 is 14.4 Å². The molecule has 0 saturated carbocycles. The molecular formula is C33H38ClN3O3. The Morgan fingerprint density at radius 2 is 1.62 bits per heavy atom. The number of amides is 3. The lowest BCUT2D eigenvalue weighted by atomic mass is 9.70. The van der Waals surface area contributed by atoms with Crippen molar-refractivity contribution in [1.82, 2.24) is 10.2 Å². The van der Waals surface area contributed by atoms with Crippen LogP contribution in [-0.4, -0.2) is 41.8 Å². The molecule has 210 valence electrons. The van der Waals surface area contributed by atoms with Crippen LogP contribution < -0.4 is 10.6 Å². The molecule has 3 amide bonds. The van der Waals surface area contributed by atoms with Gasteiger partial charge in [-0.25, -0.2) is 0 Å². The van der Waals surface area contributed by atoms with E-state index in [0.29, 0.717) is 30.3 Å². The quantitative estimate of drug-likeness (QED) is 0.335. The molecule has 1 fully saturated rings. The molecule has 0 aromatic heterocycles. The van der Waals surface area contributed by atoms with Gasteiger partial charge in [0.15, 0.2) is 0 Å². The molecule has 2 N–H and O–H groups in total. The number of hydrogen-bond acceptors (Lipinski definition) is 3. The Balaban J connectivity index is 1.46. The summed E-state index contributed by atoms with van der Waals surface area (Å²) < 4.78 is 0. The van der Waals surface area contributed by atoms with Crippen LogP contribution in [0.25, 0.3) is 11.1 Å². The summed E-state index contributed by atoms with van der Waals surface area (Å²) in [4.78, 5) is 40.3. The molecular weight excluding hydrogens is 522 g/mol. The van der Waals surface area contributed by atoms with Crippen LogP contribution in [0.3, 0.4) is 0 Å². The third-order valence-electron chi connectivity index (χ3n) is 7.70. The maximum absolute atomic E-state index is 13.7. The van der Waals surface area contributed by atoms with Gasteiger partial charge in [-0.1, -0.05) is 75.7 Å². The Hall–Kier alpha value is -3.64. The smallest absolute Gasteiger partial charge is 0.251 e. The molecule has 0 radical (unpaired) electrons. The van der Waals surface area contributed by atoms with Gasteiger partial charge in [0.1, 0.15) is 6.04 Å². The van der Waals surface area contributed by atoms with Gasteiger partial charge < -0.3 is 15.5 Å². The molecule has 40 heavy (non-hydrogen) atoms. The second-order valence-electron chi connectivity index (χ2n) is 11.7. The topological polar surface area (TPSA) is 78.5 Å². The van der Waals surface area contributed by atoms with Crippen molar-refractivity contribution in [3.63, 3.8) is 0 Å². The second kappa shape index (κ2) is 12.3. The van der Waals surface area contributed by atoms with E-state index in [1.807, 2.05) is 73.3 Å². The predicted molar refractivity (Wildman–Crippen MR) is 161 cm³/mol. The molecule has 0 unspecified atom stereocenters. The van der Waals surface area contributed by atoms with E-state index in [0.717, 1.165) is 22.6 Å². The first-order valence-corrected chi connectivity index (χ1v) is 14.2. The Morgan fingerprint density at radius 3 is 2.23 bits per heavy atom. The normalized spacial score (nSPS) is 17.3. The van der Waals surface area contributed by atoms with Gasteiger partial charge in [0, 0.05) is 36.3 Å². The van der Waals surface area contributed by atoms with Crippen LogP contribution in [0.1, 0.15) is 62.9 Å². The number of anilines is 1. The fourth-order valence-electron chi connectivity index (χ4n) is 5.58. The third kappa shape index (κ3) is 6.92. The lowest BCUT2D eigenvalue weighted by Gasteiger charge is -2.45. The van der Waals surface area contributed by atoms with Gasteiger partial charge >= 0.3 is 0 Å². The Labute approximate surface area is 242 Å². The molecule has 0 bridgehead atoms. The summed E-state index contributed by atoms with van der Waals surface area (Å²) in [7, 11) is 0. The first-order chi connectivity index (χ1) is 18.9. The molecule has 0 aliphatic carbocycles. The number of nitrogens with one attached hydrogen (secondary N) is 2. The zero-order valence-electron chi connectivity index (χ0n) is 23.8. The van der Waals surface area contributed by atoms with Gasteiger partial charge in [0.2, 0.25) is 11.8 Å². The van der Waals surface area contributed by atoms with Crippen LogP contribution in [0.15, 0.2) is 72.8 Å². The molecule has 6 nitrogen and oxygen atoms in total. The minimum absolute atomic E-state index is 0.0457. The van der Waals surface area contributed by atoms with Crippen molar-refractivity contribution in [2.45, 2.75) is 53.0 Å². The lowest BCUT2D eigenvalue weighted by Crippen LogP contribution is -2.55. The molecule has 3 aromatic carbocycles. The van der Waals surface area contributed by atoms with Crippen molar-refractivity contribution in [3.05, 3.63) is 88.9 Å². The van der Waals surface area contributed by atoms with Crippen molar-refractivity contribution in [2.24, 2.45) is 11.3 Å². The molecule has 4 rings (SSSR count). The molecule has 1 aliphatic heterocycles. The van der Waals surface area contributed by atoms with Gasteiger partial charge in [0.25, 0.3) is 5.91 Å². The van der Waals surface area contributed by atoms with Crippen LogP contribution in [0.2, 0.25) is 5.02 Å². The number of halogens is 1. The number of likely N-dealkylation sites (tertiary alicyclic amines) is 1. The van der Waals surface area contributed by atoms with Gasteiger partial charge in [-0.3, -0.25) is 14.4 Å². The largest absolute Gasteiger partial charge is 0.340 e. The predicted octanol–water partition coefficient (Wildman–Crippen LogP) is 6.76. The van der Waals surface area contributed by atoms with Crippen molar-refractivity contribution in [1.29, 1.82) is 0 Å². The number of hydrogen-bond donors (Lipinski definition) is 2. The van der Waals surface area contributed by atoms with E-state index in [4.69, 9.17) is 11.6 Å². The second-order valence-corrected chi connectivity index (χ2v) is 12.1. The summed E-state index contributed by atoms with van der Waals surface area (Å²) in [6, 6.07) is 22.2. The van der Waals surface area contributed by atoms with Crippen molar-refractivity contribution >= 4 is 35.0 Å². The Bertz CT molecular complexity index is 1370. The van der Waals surface area contributed by atoms with Crippen LogP contribution in [-0.2, 0) is 9.59 Å². The third-order valence-corrected chi connectivity index (χ3v) is 7.95. The minimum Gasteiger partial charge on any atom is -0.340 e. The van der Waals surface area contributed by atoms with Gasteiger partial charge in [0.05, 0.1) is 0 Å². The van der Waals surface area contributed by atoms with Crippen LogP contribution in [0.4, 0.5) is 5.69 Å².